The molecule has 1 saturated heterocycles. The average molecular weight is 488 g/mol. The first kappa shape index (κ1) is 25.2. The summed E-state index contributed by atoms with van der Waals surface area (Å²) in [4.78, 5) is 22.9. The van der Waals surface area contributed by atoms with Gasteiger partial charge >= 0.3 is 0 Å². The molecule has 0 aromatic heterocycles. The van der Waals surface area contributed by atoms with Crippen LogP contribution in [0.2, 0.25) is 0 Å². The lowest BCUT2D eigenvalue weighted by Crippen LogP contribution is -2.50. The lowest BCUT2D eigenvalue weighted by atomic mass is 9.91. The molecule has 0 spiro atoms. The molecule has 0 radical (unpaired) electrons. The minimum Gasteiger partial charge on any atom is -0.490 e. The fourth-order valence-electron chi connectivity index (χ4n) is 4.12. The van der Waals surface area contributed by atoms with Gasteiger partial charge in [-0.25, -0.2) is 4.39 Å². The minimum absolute atomic E-state index is 0.0344. The maximum Gasteiger partial charge on any atom is 0.243 e. The number of carbonyl (C=O) groups excluding carboxylic acids is 2. The number of amides is 2. The molecule has 3 unspecified atom stereocenters. The number of carbonyl (C=O) groups is 2. The lowest BCUT2D eigenvalue weighted by Gasteiger charge is -2.25. The zero-order valence-electron chi connectivity index (χ0n) is 20.1. The van der Waals surface area contributed by atoms with Crippen LogP contribution in [-0.2, 0) is 15.2 Å². The molecule has 1 heterocycles. The Morgan fingerprint density at radius 1 is 1.31 bits per heavy atom. The highest BCUT2D eigenvalue weighted by Crippen LogP contribution is 2.39. The van der Waals surface area contributed by atoms with Crippen LogP contribution in [0.3, 0.4) is 0 Å². The van der Waals surface area contributed by atoms with Crippen molar-refractivity contribution in [2.75, 3.05) is 19.7 Å². The minimum atomic E-state index is -1.27. The molecule has 190 valence electrons. The number of hydrogen-bond acceptors (Lipinski definition) is 7. The summed E-state index contributed by atoms with van der Waals surface area (Å²) in [5.74, 6) is 0.203. The second-order valence-electron chi connectivity index (χ2n) is 9.68. The summed E-state index contributed by atoms with van der Waals surface area (Å²) < 4.78 is 19.7. The van der Waals surface area contributed by atoms with Gasteiger partial charge in [-0.15, -0.1) is 0 Å². The maximum atomic E-state index is 14.1. The van der Waals surface area contributed by atoms with Crippen LogP contribution in [0, 0.1) is 17.7 Å². The first-order valence-electron chi connectivity index (χ1n) is 12.4. The Labute approximate surface area is 204 Å². The van der Waals surface area contributed by atoms with E-state index in [9.17, 15) is 19.1 Å². The van der Waals surface area contributed by atoms with Gasteiger partial charge in [0.2, 0.25) is 11.8 Å². The molecular formula is C25H34FN5O4. The predicted octanol–water partition coefficient (Wildman–Crippen LogP) is 2.86. The van der Waals surface area contributed by atoms with Crippen LogP contribution in [0.5, 0.6) is 5.75 Å². The van der Waals surface area contributed by atoms with E-state index in [4.69, 9.17) is 4.74 Å². The van der Waals surface area contributed by atoms with E-state index in [2.05, 4.69) is 26.4 Å². The predicted molar refractivity (Wildman–Crippen MR) is 127 cm³/mol. The molecule has 3 atom stereocenters. The molecular weight excluding hydrogens is 453 g/mol. The number of halogens is 1. The van der Waals surface area contributed by atoms with E-state index in [-0.39, 0.29) is 30.2 Å². The van der Waals surface area contributed by atoms with Gasteiger partial charge in [-0.2, -0.15) is 5.11 Å². The van der Waals surface area contributed by atoms with Gasteiger partial charge in [0, 0.05) is 12.6 Å². The number of rotatable bonds is 13. The Morgan fingerprint density at radius 2 is 2.14 bits per heavy atom. The lowest BCUT2D eigenvalue weighted by molar-refractivity contribution is -0.134. The largest absolute Gasteiger partial charge is 0.490 e. The van der Waals surface area contributed by atoms with E-state index < -0.39 is 11.4 Å². The maximum absolute atomic E-state index is 14.1. The van der Waals surface area contributed by atoms with Gasteiger partial charge in [-0.1, -0.05) is 18.2 Å². The van der Waals surface area contributed by atoms with Crippen LogP contribution in [0.1, 0.15) is 57.4 Å². The Balaban J connectivity index is 1.19. The van der Waals surface area contributed by atoms with Crippen molar-refractivity contribution >= 4 is 11.8 Å². The second-order valence-corrected chi connectivity index (χ2v) is 9.68. The van der Waals surface area contributed by atoms with E-state index in [1.807, 2.05) is 13.1 Å². The highest BCUT2D eigenvalue weighted by atomic mass is 19.1. The number of imide groups is 1. The summed E-state index contributed by atoms with van der Waals surface area (Å²) in [7, 11) is 0. The second kappa shape index (κ2) is 11.3. The van der Waals surface area contributed by atoms with Gasteiger partial charge in [0.15, 0.2) is 11.6 Å². The summed E-state index contributed by atoms with van der Waals surface area (Å²) in [5, 5.41) is 24.7. The summed E-state index contributed by atoms with van der Waals surface area (Å²) in [6.45, 7) is 3.07. The molecule has 9 nitrogen and oxygen atoms in total. The molecule has 1 aromatic rings. The highest BCUT2D eigenvalue weighted by molar-refractivity contribution is 6.00. The molecule has 3 fully saturated rings. The Morgan fingerprint density at radius 3 is 2.89 bits per heavy atom. The van der Waals surface area contributed by atoms with Crippen LogP contribution < -0.4 is 20.8 Å². The SMILES string of the molecule is CCC(O)(CN=NN/C=C1\CC1CCNC1CCC(=O)NC1=O)c1ccc(F)c(OCC2CC2)c1. The third kappa shape index (κ3) is 7.08. The van der Waals surface area contributed by atoms with Gasteiger partial charge in [-0.3, -0.25) is 20.3 Å². The third-order valence-corrected chi connectivity index (χ3v) is 6.90. The summed E-state index contributed by atoms with van der Waals surface area (Å²) in [5.41, 5.74) is 3.32. The molecule has 10 heteroatoms. The van der Waals surface area contributed by atoms with Crippen LogP contribution in [-0.4, -0.2) is 42.7 Å². The van der Waals surface area contributed by atoms with Crippen molar-refractivity contribution < 1.29 is 23.8 Å². The monoisotopic (exact) mass is 487 g/mol. The topological polar surface area (TPSA) is 124 Å². The van der Waals surface area contributed by atoms with Gasteiger partial charge in [0.1, 0.15) is 5.60 Å². The first-order chi connectivity index (χ1) is 16.9. The molecule has 2 aliphatic carbocycles. The van der Waals surface area contributed by atoms with Crippen LogP contribution >= 0.6 is 0 Å². The number of benzene rings is 1. The van der Waals surface area contributed by atoms with Gasteiger partial charge in [-0.05, 0) is 80.2 Å². The molecule has 3 aliphatic rings. The number of nitrogens with zero attached hydrogens (tertiary/aromatic N) is 2. The summed E-state index contributed by atoms with van der Waals surface area (Å²) >= 11 is 0. The third-order valence-electron chi connectivity index (χ3n) is 6.90. The number of ether oxygens (including phenoxy) is 1. The van der Waals surface area contributed by atoms with Gasteiger partial charge < -0.3 is 15.2 Å². The Bertz CT molecular complexity index is 996. The number of piperidine rings is 1. The molecule has 2 saturated carbocycles. The molecule has 2 amide bonds. The summed E-state index contributed by atoms with van der Waals surface area (Å²) in [6, 6.07) is 4.14. The number of hydrogen-bond donors (Lipinski definition) is 4. The van der Waals surface area contributed by atoms with Crippen LogP contribution in [0.4, 0.5) is 4.39 Å². The number of nitrogens with one attached hydrogen (secondary N) is 3. The highest BCUT2D eigenvalue weighted by Gasteiger charge is 2.31. The molecule has 4 rings (SSSR count). The van der Waals surface area contributed by atoms with E-state index in [0.29, 0.717) is 49.8 Å². The quantitative estimate of drug-likeness (QED) is 0.193. The number of allylic oxidation sites excluding steroid dienone is 1. The van der Waals surface area contributed by atoms with Crippen molar-refractivity contribution in [3.8, 4) is 5.75 Å². The van der Waals surface area contributed by atoms with E-state index in [1.165, 1.54) is 11.6 Å². The zero-order valence-corrected chi connectivity index (χ0v) is 20.1. The molecule has 0 bridgehead atoms. The van der Waals surface area contributed by atoms with Crippen molar-refractivity contribution in [3.05, 3.63) is 41.4 Å². The average Bonchev–Trinajstić information content (AvgIpc) is 3.77. The van der Waals surface area contributed by atoms with Crippen molar-refractivity contribution in [1.82, 2.24) is 16.1 Å². The molecule has 1 aromatic carbocycles. The smallest absolute Gasteiger partial charge is 0.243 e. The van der Waals surface area contributed by atoms with E-state index in [0.717, 1.165) is 25.7 Å². The van der Waals surface area contributed by atoms with E-state index >= 15 is 0 Å². The fraction of sp³-hybridized carbons (Fsp3) is 0.600. The normalized spacial score (nSPS) is 24.9. The zero-order chi connectivity index (χ0) is 24.8. The fourth-order valence-corrected chi connectivity index (χ4v) is 4.12. The van der Waals surface area contributed by atoms with Crippen molar-refractivity contribution in [2.45, 2.75) is 63.5 Å². The molecule has 4 N–H and O–H groups in total. The van der Waals surface area contributed by atoms with Crippen LogP contribution in [0.25, 0.3) is 0 Å². The van der Waals surface area contributed by atoms with E-state index in [1.54, 1.807) is 12.1 Å². The van der Waals surface area contributed by atoms with Gasteiger partial charge in [0.05, 0.1) is 19.2 Å². The van der Waals surface area contributed by atoms with Crippen LogP contribution in [0.15, 0.2) is 40.3 Å². The van der Waals surface area contributed by atoms with Crippen molar-refractivity contribution in [3.63, 3.8) is 0 Å². The Kier molecular flexibility index (Phi) is 8.12. The van der Waals surface area contributed by atoms with Crippen molar-refractivity contribution in [1.29, 1.82) is 0 Å². The molecule has 1 aliphatic heterocycles. The van der Waals surface area contributed by atoms with Crippen molar-refractivity contribution in [2.24, 2.45) is 22.2 Å². The summed E-state index contributed by atoms with van der Waals surface area (Å²) in [6.07, 6.45) is 7.20. The first-order valence-corrected chi connectivity index (χ1v) is 12.4. The van der Waals surface area contributed by atoms with Gasteiger partial charge in [0.25, 0.3) is 0 Å². The Hall–Kier alpha value is -2.85. The number of aliphatic hydroxyl groups is 1. The molecule has 35 heavy (non-hydrogen) atoms. The standard InChI is InChI=1S/C25H34FN5O4/c1-2-25(34,19-5-6-20(26)22(12-19)35-14-16-3-4-16)15-29-31-28-13-18-11-17(18)9-10-27-21-7-8-23(32)30-24(21)33/h5-6,12-13,16-17,21,27,34H,2-4,7-11,14-15H2,1H3,(H,28,29)(H,30,32,33)/b18-13+.